The molecule has 1 fully saturated rings. The predicted octanol–water partition coefficient (Wildman–Crippen LogP) is 3.39. The van der Waals surface area contributed by atoms with Crippen molar-refractivity contribution in [1.29, 1.82) is 0 Å². The van der Waals surface area contributed by atoms with Gasteiger partial charge in [-0.2, -0.15) is 13.2 Å². The van der Waals surface area contributed by atoms with Gasteiger partial charge in [-0.3, -0.25) is 9.69 Å². The van der Waals surface area contributed by atoms with Crippen LogP contribution in [0.4, 0.5) is 13.2 Å². The first-order chi connectivity index (χ1) is 9.78. The van der Waals surface area contributed by atoms with Crippen LogP contribution in [0.5, 0.6) is 0 Å². The topological polar surface area (TPSA) is 40.5 Å². The van der Waals surface area contributed by atoms with Crippen LogP contribution < -0.4 is 0 Å². The Hall–Kier alpha value is -1.27. The fourth-order valence-electron chi connectivity index (χ4n) is 2.81. The van der Waals surface area contributed by atoms with Crippen LogP contribution in [-0.4, -0.2) is 41.8 Å². The molecule has 1 aliphatic heterocycles. The van der Waals surface area contributed by atoms with E-state index >= 15 is 0 Å². The molecule has 0 aliphatic carbocycles. The lowest BCUT2D eigenvalue weighted by molar-refractivity contribution is -0.158. The quantitative estimate of drug-likeness (QED) is 0.927. The van der Waals surface area contributed by atoms with Crippen molar-refractivity contribution in [2.45, 2.75) is 18.5 Å². The minimum Gasteiger partial charge on any atom is -0.481 e. The normalized spacial score (nSPS) is 24.0. The average Bonchev–Trinajstić information content (AvgIpc) is 2.37. The SMILES string of the molecule is O=C(O)C1CN(CC(F)(F)F)CCC1c1ccccc1Cl. The summed E-state index contributed by atoms with van der Waals surface area (Å²) in [6, 6.07) is 6.89. The summed E-state index contributed by atoms with van der Waals surface area (Å²) < 4.78 is 37.3. The van der Waals surface area contributed by atoms with Gasteiger partial charge in [0.1, 0.15) is 0 Å². The number of nitrogens with zero attached hydrogens (tertiary/aromatic N) is 1. The molecule has 2 atom stereocenters. The van der Waals surface area contributed by atoms with Gasteiger partial charge in [0.05, 0.1) is 12.5 Å². The third-order valence-electron chi connectivity index (χ3n) is 3.72. The van der Waals surface area contributed by atoms with Crippen molar-refractivity contribution in [3.8, 4) is 0 Å². The average molecular weight is 322 g/mol. The molecule has 1 saturated heterocycles. The van der Waals surface area contributed by atoms with Crippen molar-refractivity contribution in [3.63, 3.8) is 0 Å². The number of hydrogen-bond donors (Lipinski definition) is 1. The second-order valence-electron chi connectivity index (χ2n) is 5.21. The van der Waals surface area contributed by atoms with E-state index in [-0.39, 0.29) is 19.0 Å². The Morgan fingerprint density at radius 1 is 1.38 bits per heavy atom. The number of rotatable bonds is 3. The van der Waals surface area contributed by atoms with E-state index in [1.54, 1.807) is 24.3 Å². The molecule has 1 aliphatic rings. The van der Waals surface area contributed by atoms with E-state index in [9.17, 15) is 23.1 Å². The number of benzene rings is 1. The zero-order valence-corrected chi connectivity index (χ0v) is 11.9. The molecule has 3 nitrogen and oxygen atoms in total. The standard InChI is InChI=1S/C14H15ClF3NO2/c15-12-4-2-1-3-10(12)9-5-6-19(8-14(16,17)18)7-11(9)13(20)21/h1-4,9,11H,5-8H2,(H,20,21). The molecule has 0 amide bonds. The molecule has 116 valence electrons. The molecular weight excluding hydrogens is 307 g/mol. The first-order valence-corrected chi connectivity index (χ1v) is 6.92. The number of hydrogen-bond acceptors (Lipinski definition) is 2. The summed E-state index contributed by atoms with van der Waals surface area (Å²) in [5.74, 6) is -2.34. The van der Waals surface area contributed by atoms with E-state index < -0.39 is 24.6 Å². The van der Waals surface area contributed by atoms with E-state index in [1.807, 2.05) is 0 Å². The van der Waals surface area contributed by atoms with E-state index in [2.05, 4.69) is 0 Å². The summed E-state index contributed by atoms with van der Waals surface area (Å²) in [6.45, 7) is -0.990. The molecule has 2 unspecified atom stereocenters. The number of carboxylic acids is 1. The van der Waals surface area contributed by atoms with Crippen molar-refractivity contribution >= 4 is 17.6 Å². The van der Waals surface area contributed by atoms with Gasteiger partial charge < -0.3 is 5.11 Å². The fourth-order valence-corrected chi connectivity index (χ4v) is 3.09. The number of carboxylic acid groups (broad SMARTS) is 1. The third kappa shape index (κ3) is 4.11. The number of carbonyl (C=O) groups is 1. The number of halogens is 4. The van der Waals surface area contributed by atoms with Crippen LogP contribution in [0.1, 0.15) is 17.9 Å². The van der Waals surface area contributed by atoms with E-state index in [0.717, 1.165) is 4.90 Å². The van der Waals surface area contributed by atoms with Gasteiger partial charge in [-0.05, 0) is 24.6 Å². The van der Waals surface area contributed by atoms with E-state index in [1.165, 1.54) is 0 Å². The van der Waals surface area contributed by atoms with E-state index in [4.69, 9.17) is 11.6 Å². The molecule has 2 rings (SSSR count). The Bertz CT molecular complexity index is 521. The highest BCUT2D eigenvalue weighted by Crippen LogP contribution is 2.37. The first-order valence-electron chi connectivity index (χ1n) is 6.54. The molecule has 0 aromatic heterocycles. The first kappa shape index (κ1) is 16.1. The molecule has 1 aromatic rings. The smallest absolute Gasteiger partial charge is 0.401 e. The van der Waals surface area contributed by atoms with Gasteiger partial charge in [0.2, 0.25) is 0 Å². The van der Waals surface area contributed by atoms with Gasteiger partial charge in [0.25, 0.3) is 0 Å². The molecule has 7 heteroatoms. The lowest BCUT2D eigenvalue weighted by atomic mass is 9.80. The van der Waals surface area contributed by atoms with Gasteiger partial charge in [0.15, 0.2) is 0 Å². The van der Waals surface area contributed by atoms with E-state index in [0.29, 0.717) is 17.0 Å². The monoisotopic (exact) mass is 321 g/mol. The molecule has 1 aromatic carbocycles. The van der Waals surface area contributed by atoms with Gasteiger partial charge >= 0.3 is 12.1 Å². The Kier molecular flexibility index (Phi) is 4.78. The molecule has 0 spiro atoms. The minimum atomic E-state index is -4.32. The zero-order chi connectivity index (χ0) is 15.6. The van der Waals surface area contributed by atoms with Crippen molar-refractivity contribution in [2.75, 3.05) is 19.6 Å². The lowest BCUT2D eigenvalue weighted by Gasteiger charge is -2.37. The Labute approximate surface area is 125 Å². The zero-order valence-electron chi connectivity index (χ0n) is 11.1. The highest BCUT2D eigenvalue weighted by Gasteiger charge is 2.39. The fraction of sp³-hybridized carbons (Fsp3) is 0.500. The third-order valence-corrected chi connectivity index (χ3v) is 4.07. The summed E-state index contributed by atoms with van der Waals surface area (Å²) in [5, 5.41) is 9.78. The van der Waals surface area contributed by atoms with Crippen LogP contribution >= 0.6 is 11.6 Å². The minimum absolute atomic E-state index is 0.120. The second kappa shape index (κ2) is 6.23. The van der Waals surface area contributed by atoms with Crippen molar-refractivity contribution < 1.29 is 23.1 Å². The van der Waals surface area contributed by atoms with Crippen LogP contribution in [-0.2, 0) is 4.79 Å². The molecule has 21 heavy (non-hydrogen) atoms. The van der Waals surface area contributed by atoms with Crippen LogP contribution in [0.15, 0.2) is 24.3 Å². The van der Waals surface area contributed by atoms with Crippen molar-refractivity contribution in [2.24, 2.45) is 5.92 Å². The summed E-state index contributed by atoms with van der Waals surface area (Å²) in [6.07, 6.45) is -3.98. The molecular formula is C14H15ClF3NO2. The molecule has 0 saturated carbocycles. The molecule has 1 N–H and O–H groups in total. The number of alkyl halides is 3. The Balaban J connectivity index is 2.18. The van der Waals surface area contributed by atoms with Crippen LogP contribution in [0.2, 0.25) is 5.02 Å². The summed E-state index contributed by atoms with van der Waals surface area (Å²) in [7, 11) is 0. The second-order valence-corrected chi connectivity index (χ2v) is 5.62. The molecule has 1 heterocycles. The summed E-state index contributed by atoms with van der Waals surface area (Å²) >= 11 is 6.08. The predicted molar refractivity (Wildman–Crippen MR) is 72.4 cm³/mol. The van der Waals surface area contributed by atoms with Crippen molar-refractivity contribution in [1.82, 2.24) is 4.90 Å². The van der Waals surface area contributed by atoms with Crippen molar-refractivity contribution in [3.05, 3.63) is 34.9 Å². The maximum atomic E-state index is 12.4. The highest BCUT2D eigenvalue weighted by molar-refractivity contribution is 6.31. The van der Waals surface area contributed by atoms with Crippen LogP contribution in [0, 0.1) is 5.92 Å². The number of piperidine rings is 1. The summed E-state index contributed by atoms with van der Waals surface area (Å²) in [4.78, 5) is 12.6. The Morgan fingerprint density at radius 3 is 2.62 bits per heavy atom. The van der Waals surface area contributed by atoms with Gasteiger partial charge in [0, 0.05) is 17.5 Å². The van der Waals surface area contributed by atoms with Gasteiger partial charge in [-0.15, -0.1) is 0 Å². The Morgan fingerprint density at radius 2 is 2.05 bits per heavy atom. The van der Waals surface area contributed by atoms with Crippen LogP contribution in [0.25, 0.3) is 0 Å². The maximum absolute atomic E-state index is 12.4. The number of likely N-dealkylation sites (tertiary alicyclic amines) is 1. The largest absolute Gasteiger partial charge is 0.481 e. The number of aliphatic carboxylic acids is 1. The highest BCUT2D eigenvalue weighted by atomic mass is 35.5. The van der Waals surface area contributed by atoms with Gasteiger partial charge in [-0.25, -0.2) is 0 Å². The maximum Gasteiger partial charge on any atom is 0.401 e. The summed E-state index contributed by atoms with van der Waals surface area (Å²) in [5.41, 5.74) is 0.693. The lowest BCUT2D eigenvalue weighted by Crippen LogP contribution is -2.46. The molecule has 0 radical (unpaired) electrons. The van der Waals surface area contributed by atoms with Gasteiger partial charge in [-0.1, -0.05) is 29.8 Å². The van der Waals surface area contributed by atoms with Crippen LogP contribution in [0.3, 0.4) is 0 Å². The molecule has 0 bridgehead atoms.